The number of primary amides is 1. The molecular formula is C18H20ClN3O3. The first-order valence-corrected chi connectivity index (χ1v) is 8.03. The van der Waals surface area contributed by atoms with Crippen LogP contribution in [0.4, 0.5) is 10.5 Å². The van der Waals surface area contributed by atoms with Gasteiger partial charge in [-0.1, -0.05) is 35.9 Å². The molecule has 2 aromatic carbocycles. The molecule has 0 aliphatic heterocycles. The minimum absolute atomic E-state index is 0.0240. The van der Waals surface area contributed by atoms with Crippen molar-refractivity contribution < 1.29 is 14.3 Å². The van der Waals surface area contributed by atoms with E-state index in [9.17, 15) is 9.59 Å². The lowest BCUT2D eigenvalue weighted by Gasteiger charge is -2.20. The van der Waals surface area contributed by atoms with Crippen LogP contribution in [0.1, 0.15) is 23.6 Å². The van der Waals surface area contributed by atoms with Gasteiger partial charge < -0.3 is 21.1 Å². The molecule has 7 heteroatoms. The molecule has 0 fully saturated rings. The van der Waals surface area contributed by atoms with Gasteiger partial charge in [0.15, 0.2) is 0 Å². The first-order chi connectivity index (χ1) is 11.9. The van der Waals surface area contributed by atoms with Crippen LogP contribution in [0.5, 0.6) is 5.75 Å². The van der Waals surface area contributed by atoms with Gasteiger partial charge in [0.1, 0.15) is 5.75 Å². The van der Waals surface area contributed by atoms with E-state index in [1.54, 1.807) is 18.2 Å². The topological polar surface area (TPSA) is 93.4 Å². The molecule has 132 valence electrons. The first kappa shape index (κ1) is 18.6. The third kappa shape index (κ3) is 5.12. The number of ether oxygens (including phenoxy) is 1. The molecule has 6 nitrogen and oxygen atoms in total. The van der Waals surface area contributed by atoms with Gasteiger partial charge in [-0.3, -0.25) is 4.79 Å². The summed E-state index contributed by atoms with van der Waals surface area (Å²) in [6.07, 6.45) is 0.0240. The highest BCUT2D eigenvalue weighted by molar-refractivity contribution is 6.33. The van der Waals surface area contributed by atoms with Crippen molar-refractivity contribution in [2.24, 2.45) is 5.73 Å². The second-order valence-electron chi connectivity index (χ2n) is 5.52. The van der Waals surface area contributed by atoms with Crippen LogP contribution in [0.15, 0.2) is 42.5 Å². The van der Waals surface area contributed by atoms with Gasteiger partial charge in [0.2, 0.25) is 5.91 Å². The number of halogens is 1. The number of anilines is 1. The van der Waals surface area contributed by atoms with Gasteiger partial charge in [0.25, 0.3) is 0 Å². The number of aryl methyl sites for hydroxylation is 1. The molecule has 0 aromatic heterocycles. The molecule has 0 spiro atoms. The van der Waals surface area contributed by atoms with Crippen molar-refractivity contribution in [3.05, 3.63) is 58.6 Å². The number of benzene rings is 2. The number of rotatable bonds is 6. The lowest BCUT2D eigenvalue weighted by atomic mass is 9.98. The summed E-state index contributed by atoms with van der Waals surface area (Å²) in [7, 11) is 1.53. The lowest BCUT2D eigenvalue weighted by Crippen LogP contribution is -2.35. The molecule has 2 rings (SSSR count). The zero-order chi connectivity index (χ0) is 18.4. The summed E-state index contributed by atoms with van der Waals surface area (Å²) in [5, 5.41) is 5.71. The van der Waals surface area contributed by atoms with Crippen molar-refractivity contribution in [3.63, 3.8) is 0 Å². The van der Waals surface area contributed by atoms with Crippen molar-refractivity contribution in [2.75, 3.05) is 12.4 Å². The fourth-order valence-corrected chi connectivity index (χ4v) is 2.72. The van der Waals surface area contributed by atoms with Crippen molar-refractivity contribution >= 4 is 29.2 Å². The third-order valence-corrected chi connectivity index (χ3v) is 4.03. The highest BCUT2D eigenvalue weighted by atomic mass is 35.5. The van der Waals surface area contributed by atoms with E-state index in [2.05, 4.69) is 10.6 Å². The summed E-state index contributed by atoms with van der Waals surface area (Å²) in [6, 6.07) is 11.2. The first-order valence-electron chi connectivity index (χ1n) is 7.65. The van der Waals surface area contributed by atoms with E-state index in [1.807, 2.05) is 31.2 Å². The maximum atomic E-state index is 12.4. The van der Waals surface area contributed by atoms with E-state index in [-0.39, 0.29) is 12.3 Å². The average molecular weight is 362 g/mol. The average Bonchev–Trinajstić information content (AvgIpc) is 2.56. The van der Waals surface area contributed by atoms with E-state index in [0.717, 1.165) is 11.1 Å². The molecule has 0 saturated carbocycles. The Morgan fingerprint density at radius 3 is 2.56 bits per heavy atom. The fourth-order valence-electron chi connectivity index (χ4n) is 2.50. The van der Waals surface area contributed by atoms with Crippen LogP contribution < -0.4 is 21.1 Å². The predicted molar refractivity (Wildman–Crippen MR) is 97.9 cm³/mol. The minimum atomic E-state index is -0.691. The van der Waals surface area contributed by atoms with E-state index in [0.29, 0.717) is 16.5 Å². The van der Waals surface area contributed by atoms with Crippen molar-refractivity contribution in [3.8, 4) is 5.75 Å². The number of carbonyl (C=O) groups is 2. The number of nitrogens with two attached hydrogens (primary N) is 1. The van der Waals surface area contributed by atoms with Crippen LogP contribution in [0, 0.1) is 6.92 Å². The standard InChI is InChI=1S/C18H20ClN3O3/c1-11-5-3-4-6-13(11)16(22-18(20)24)10-17(23)21-15-8-7-12(25-2)9-14(15)19/h3-9,16H,10H2,1-2H3,(H,21,23)(H3,20,22,24). The smallest absolute Gasteiger partial charge is 0.312 e. The van der Waals surface area contributed by atoms with Crippen LogP contribution in [-0.4, -0.2) is 19.0 Å². The Morgan fingerprint density at radius 1 is 1.24 bits per heavy atom. The predicted octanol–water partition coefficient (Wildman–Crippen LogP) is 3.40. The van der Waals surface area contributed by atoms with Gasteiger partial charge >= 0.3 is 6.03 Å². The number of urea groups is 1. The van der Waals surface area contributed by atoms with Crippen LogP contribution in [0.25, 0.3) is 0 Å². The van der Waals surface area contributed by atoms with Crippen LogP contribution >= 0.6 is 11.6 Å². The molecule has 0 aliphatic rings. The monoisotopic (exact) mass is 361 g/mol. The van der Waals surface area contributed by atoms with Gasteiger partial charge in [0.05, 0.1) is 30.3 Å². The summed E-state index contributed by atoms with van der Waals surface area (Å²) in [5.74, 6) is 0.297. The molecule has 0 saturated heterocycles. The Bertz CT molecular complexity index is 780. The number of carbonyl (C=O) groups excluding carboxylic acids is 2. The summed E-state index contributed by atoms with van der Waals surface area (Å²) in [4.78, 5) is 23.7. The molecule has 0 aliphatic carbocycles. The van der Waals surface area contributed by atoms with Gasteiger partial charge in [-0.2, -0.15) is 0 Å². The number of hydrogen-bond acceptors (Lipinski definition) is 3. The summed E-state index contributed by atoms with van der Waals surface area (Å²) in [5.41, 5.74) is 7.50. The second kappa shape index (κ2) is 8.39. The summed E-state index contributed by atoms with van der Waals surface area (Å²) >= 11 is 6.13. The van der Waals surface area contributed by atoms with Crippen molar-refractivity contribution in [2.45, 2.75) is 19.4 Å². The van der Waals surface area contributed by atoms with E-state index in [1.165, 1.54) is 7.11 Å². The molecule has 4 N–H and O–H groups in total. The lowest BCUT2D eigenvalue weighted by molar-refractivity contribution is -0.116. The zero-order valence-corrected chi connectivity index (χ0v) is 14.8. The van der Waals surface area contributed by atoms with E-state index in [4.69, 9.17) is 22.1 Å². The molecule has 0 heterocycles. The molecule has 25 heavy (non-hydrogen) atoms. The van der Waals surface area contributed by atoms with Gasteiger partial charge in [-0.15, -0.1) is 0 Å². The Kier molecular flexibility index (Phi) is 6.25. The van der Waals surface area contributed by atoms with Gasteiger partial charge in [0, 0.05) is 6.07 Å². The molecule has 1 atom stereocenters. The number of hydrogen-bond donors (Lipinski definition) is 3. The molecule has 1 unspecified atom stereocenters. The molecule has 0 bridgehead atoms. The normalized spacial score (nSPS) is 11.5. The van der Waals surface area contributed by atoms with Gasteiger partial charge in [-0.25, -0.2) is 4.79 Å². The Morgan fingerprint density at radius 2 is 1.96 bits per heavy atom. The van der Waals surface area contributed by atoms with Crippen molar-refractivity contribution in [1.29, 1.82) is 0 Å². The number of amides is 3. The number of nitrogens with one attached hydrogen (secondary N) is 2. The molecule has 0 radical (unpaired) electrons. The van der Waals surface area contributed by atoms with E-state index < -0.39 is 12.1 Å². The second-order valence-corrected chi connectivity index (χ2v) is 5.92. The highest BCUT2D eigenvalue weighted by Crippen LogP contribution is 2.27. The fraction of sp³-hybridized carbons (Fsp3) is 0.222. The minimum Gasteiger partial charge on any atom is -0.497 e. The SMILES string of the molecule is COc1ccc(NC(=O)CC(NC(N)=O)c2ccccc2C)c(Cl)c1. The zero-order valence-electron chi connectivity index (χ0n) is 14.0. The molecule has 3 amide bonds. The third-order valence-electron chi connectivity index (χ3n) is 3.72. The Labute approximate surface area is 151 Å². The summed E-state index contributed by atoms with van der Waals surface area (Å²) < 4.78 is 5.08. The maximum absolute atomic E-state index is 12.4. The van der Waals surface area contributed by atoms with Crippen LogP contribution in [-0.2, 0) is 4.79 Å². The Balaban J connectivity index is 2.14. The maximum Gasteiger partial charge on any atom is 0.312 e. The number of methoxy groups -OCH3 is 1. The highest BCUT2D eigenvalue weighted by Gasteiger charge is 2.19. The molecule has 2 aromatic rings. The van der Waals surface area contributed by atoms with E-state index >= 15 is 0 Å². The Hall–Kier alpha value is -2.73. The largest absolute Gasteiger partial charge is 0.497 e. The van der Waals surface area contributed by atoms with Crippen LogP contribution in [0.3, 0.4) is 0 Å². The van der Waals surface area contributed by atoms with Crippen molar-refractivity contribution in [1.82, 2.24) is 5.32 Å². The summed E-state index contributed by atoms with van der Waals surface area (Å²) in [6.45, 7) is 1.91. The van der Waals surface area contributed by atoms with Crippen LogP contribution in [0.2, 0.25) is 5.02 Å². The van der Waals surface area contributed by atoms with Gasteiger partial charge in [-0.05, 0) is 30.2 Å². The quantitative estimate of drug-likeness (QED) is 0.736. The molecular weight excluding hydrogens is 342 g/mol.